The summed E-state index contributed by atoms with van der Waals surface area (Å²) in [6.07, 6.45) is 0.983. The molecule has 2 aromatic rings. The van der Waals surface area contributed by atoms with E-state index in [1.165, 1.54) is 0 Å². The van der Waals surface area contributed by atoms with Crippen molar-refractivity contribution in [3.8, 4) is 5.75 Å². The molecule has 0 amide bonds. The van der Waals surface area contributed by atoms with E-state index in [0.29, 0.717) is 6.61 Å². The van der Waals surface area contributed by atoms with Gasteiger partial charge in [0.05, 0.1) is 0 Å². The molecule has 0 unspecified atom stereocenters. The van der Waals surface area contributed by atoms with Crippen LogP contribution in [-0.4, -0.2) is 20.3 Å². The first-order chi connectivity index (χ1) is 10.8. The first-order valence-electron chi connectivity index (χ1n) is 7.44. The van der Waals surface area contributed by atoms with Gasteiger partial charge in [-0.05, 0) is 36.7 Å². The quantitative estimate of drug-likeness (QED) is 0.707. The molecule has 3 nitrogen and oxygen atoms in total. The lowest BCUT2D eigenvalue weighted by Crippen LogP contribution is -2.16. The Balaban J connectivity index is 1.92. The highest BCUT2D eigenvalue weighted by Gasteiger charge is 2.05. The minimum absolute atomic E-state index is 0.555. The Bertz CT molecular complexity index is 560. The Kier molecular flexibility index (Phi) is 7.23. The first-order valence-corrected chi connectivity index (χ1v) is 7.82. The second-order valence-electron chi connectivity index (χ2n) is 5.05. The van der Waals surface area contributed by atoms with E-state index < -0.39 is 0 Å². The summed E-state index contributed by atoms with van der Waals surface area (Å²) in [5.74, 6) is 0.868. The third kappa shape index (κ3) is 5.68. The SMILES string of the molecule is COCCCNCc1cc(Cl)ccc1OCc1ccccc1. The van der Waals surface area contributed by atoms with Crippen LogP contribution >= 0.6 is 11.6 Å². The monoisotopic (exact) mass is 319 g/mol. The molecule has 22 heavy (non-hydrogen) atoms. The molecular weight excluding hydrogens is 298 g/mol. The zero-order chi connectivity index (χ0) is 15.6. The van der Waals surface area contributed by atoms with Gasteiger partial charge >= 0.3 is 0 Å². The topological polar surface area (TPSA) is 30.5 Å². The van der Waals surface area contributed by atoms with Crippen LogP contribution in [0.25, 0.3) is 0 Å². The molecule has 118 valence electrons. The van der Waals surface area contributed by atoms with Crippen LogP contribution in [0.3, 0.4) is 0 Å². The molecule has 2 aromatic carbocycles. The zero-order valence-electron chi connectivity index (χ0n) is 12.8. The molecule has 4 heteroatoms. The summed E-state index contributed by atoms with van der Waals surface area (Å²) in [5.41, 5.74) is 2.22. The van der Waals surface area contributed by atoms with Crippen molar-refractivity contribution in [1.82, 2.24) is 5.32 Å². The summed E-state index contributed by atoms with van der Waals surface area (Å²) in [7, 11) is 1.71. The predicted octanol–water partition coefficient (Wildman–Crippen LogP) is 4.05. The molecule has 0 heterocycles. The van der Waals surface area contributed by atoms with Gasteiger partial charge in [0, 0.05) is 30.8 Å². The van der Waals surface area contributed by atoms with Crippen molar-refractivity contribution >= 4 is 11.6 Å². The molecule has 0 aliphatic rings. The molecule has 2 rings (SSSR count). The molecule has 0 fully saturated rings. The van der Waals surface area contributed by atoms with Gasteiger partial charge in [0.2, 0.25) is 0 Å². The average molecular weight is 320 g/mol. The van der Waals surface area contributed by atoms with E-state index in [0.717, 1.165) is 48.0 Å². The van der Waals surface area contributed by atoms with E-state index in [1.807, 2.05) is 36.4 Å². The standard InChI is InChI=1S/C18H22ClNO2/c1-21-11-5-10-20-13-16-12-17(19)8-9-18(16)22-14-15-6-3-2-4-7-15/h2-4,6-9,12,20H,5,10-11,13-14H2,1H3. The molecule has 0 aliphatic heterocycles. The van der Waals surface area contributed by atoms with E-state index in [9.17, 15) is 0 Å². The van der Waals surface area contributed by atoms with Crippen LogP contribution in [0.1, 0.15) is 17.5 Å². The minimum atomic E-state index is 0.555. The molecule has 0 bridgehead atoms. The molecule has 1 N–H and O–H groups in total. The Labute approximate surface area is 137 Å². The van der Waals surface area contributed by atoms with Crippen molar-refractivity contribution in [2.75, 3.05) is 20.3 Å². The number of nitrogens with one attached hydrogen (secondary N) is 1. The number of methoxy groups -OCH3 is 1. The number of ether oxygens (including phenoxy) is 2. The van der Waals surface area contributed by atoms with Crippen molar-refractivity contribution in [2.24, 2.45) is 0 Å². The van der Waals surface area contributed by atoms with Crippen molar-refractivity contribution in [3.63, 3.8) is 0 Å². The molecule has 0 spiro atoms. The van der Waals surface area contributed by atoms with E-state index in [1.54, 1.807) is 7.11 Å². The third-order valence-electron chi connectivity index (χ3n) is 3.28. The lowest BCUT2D eigenvalue weighted by Gasteiger charge is -2.13. The van der Waals surface area contributed by atoms with E-state index in [-0.39, 0.29) is 0 Å². The highest BCUT2D eigenvalue weighted by Crippen LogP contribution is 2.23. The van der Waals surface area contributed by atoms with Crippen LogP contribution in [0, 0.1) is 0 Å². The first kappa shape index (κ1) is 16.8. The summed E-state index contributed by atoms with van der Waals surface area (Å²) >= 11 is 6.09. The highest BCUT2D eigenvalue weighted by atomic mass is 35.5. The van der Waals surface area contributed by atoms with Crippen molar-refractivity contribution in [1.29, 1.82) is 0 Å². The third-order valence-corrected chi connectivity index (χ3v) is 3.51. The number of benzene rings is 2. The average Bonchev–Trinajstić information content (AvgIpc) is 2.55. The van der Waals surface area contributed by atoms with Gasteiger partial charge in [-0.2, -0.15) is 0 Å². The molecule has 0 aromatic heterocycles. The maximum Gasteiger partial charge on any atom is 0.124 e. The van der Waals surface area contributed by atoms with Crippen LogP contribution in [0.4, 0.5) is 0 Å². The van der Waals surface area contributed by atoms with E-state index in [2.05, 4.69) is 17.4 Å². The Morgan fingerprint density at radius 2 is 1.91 bits per heavy atom. The summed E-state index contributed by atoms with van der Waals surface area (Å²) in [6.45, 7) is 2.95. The lowest BCUT2D eigenvalue weighted by molar-refractivity contribution is 0.194. The van der Waals surface area contributed by atoms with Crippen LogP contribution in [0.5, 0.6) is 5.75 Å². The largest absolute Gasteiger partial charge is 0.489 e. The second kappa shape index (κ2) is 9.46. The van der Waals surface area contributed by atoms with Gasteiger partial charge in [-0.3, -0.25) is 0 Å². The van der Waals surface area contributed by atoms with Crippen LogP contribution in [-0.2, 0) is 17.9 Å². The number of hydrogen-bond donors (Lipinski definition) is 1. The van der Waals surface area contributed by atoms with Gasteiger partial charge < -0.3 is 14.8 Å². The van der Waals surface area contributed by atoms with E-state index >= 15 is 0 Å². The summed E-state index contributed by atoms with van der Waals surface area (Å²) < 4.78 is 11.0. The van der Waals surface area contributed by atoms with Crippen LogP contribution in [0.15, 0.2) is 48.5 Å². The van der Waals surface area contributed by atoms with Crippen molar-refractivity contribution in [3.05, 3.63) is 64.7 Å². The Morgan fingerprint density at radius 3 is 2.68 bits per heavy atom. The van der Waals surface area contributed by atoms with Gasteiger partial charge in [0.15, 0.2) is 0 Å². The van der Waals surface area contributed by atoms with E-state index in [4.69, 9.17) is 21.1 Å². The number of halogens is 1. The van der Waals surface area contributed by atoms with Crippen molar-refractivity contribution < 1.29 is 9.47 Å². The summed E-state index contributed by atoms with van der Waals surface area (Å²) in [5, 5.41) is 4.11. The molecule has 0 saturated carbocycles. The molecule has 0 radical (unpaired) electrons. The van der Waals surface area contributed by atoms with Gasteiger partial charge in [0.1, 0.15) is 12.4 Å². The maximum absolute atomic E-state index is 6.09. The zero-order valence-corrected chi connectivity index (χ0v) is 13.6. The smallest absolute Gasteiger partial charge is 0.124 e. The van der Waals surface area contributed by atoms with Crippen molar-refractivity contribution in [2.45, 2.75) is 19.6 Å². The fraction of sp³-hybridized carbons (Fsp3) is 0.333. The minimum Gasteiger partial charge on any atom is -0.489 e. The second-order valence-corrected chi connectivity index (χ2v) is 5.49. The highest BCUT2D eigenvalue weighted by molar-refractivity contribution is 6.30. The molecule has 0 aliphatic carbocycles. The van der Waals surface area contributed by atoms with Gasteiger partial charge in [-0.1, -0.05) is 41.9 Å². The maximum atomic E-state index is 6.09. The van der Waals surface area contributed by atoms with Gasteiger partial charge in [-0.15, -0.1) is 0 Å². The summed E-state index contributed by atoms with van der Waals surface area (Å²) in [4.78, 5) is 0. The predicted molar refractivity (Wildman–Crippen MR) is 90.4 cm³/mol. The van der Waals surface area contributed by atoms with Crippen LogP contribution in [0.2, 0.25) is 5.02 Å². The Morgan fingerprint density at radius 1 is 1.09 bits per heavy atom. The normalized spacial score (nSPS) is 10.6. The number of rotatable bonds is 9. The van der Waals surface area contributed by atoms with Gasteiger partial charge in [0.25, 0.3) is 0 Å². The Hall–Kier alpha value is -1.55. The summed E-state index contributed by atoms with van der Waals surface area (Å²) in [6, 6.07) is 15.9. The fourth-order valence-corrected chi connectivity index (χ4v) is 2.32. The van der Waals surface area contributed by atoms with Crippen LogP contribution < -0.4 is 10.1 Å². The number of hydrogen-bond acceptors (Lipinski definition) is 3. The molecule has 0 atom stereocenters. The fourth-order valence-electron chi connectivity index (χ4n) is 2.13. The lowest BCUT2D eigenvalue weighted by atomic mass is 10.2. The molecule has 0 saturated heterocycles. The van der Waals surface area contributed by atoms with Gasteiger partial charge in [-0.25, -0.2) is 0 Å². The molecular formula is C18H22ClNO2.